The van der Waals surface area contributed by atoms with Crippen molar-refractivity contribution < 1.29 is 4.92 Å². The quantitative estimate of drug-likeness (QED) is 0.630. The highest BCUT2D eigenvalue weighted by Crippen LogP contribution is 2.32. The number of nitro benzene ring substituents is 1. The lowest BCUT2D eigenvalue weighted by Crippen LogP contribution is -2.00. The third-order valence-corrected chi connectivity index (χ3v) is 4.96. The number of anilines is 1. The average Bonchev–Trinajstić information content (AvgIpc) is 2.75. The third kappa shape index (κ3) is 3.28. The maximum Gasteiger partial charge on any atom is 0.270 e. The van der Waals surface area contributed by atoms with Gasteiger partial charge in [0.2, 0.25) is 0 Å². The fourth-order valence-electron chi connectivity index (χ4n) is 1.55. The molecule has 0 aliphatic heterocycles. The molecule has 0 saturated heterocycles. The van der Waals surface area contributed by atoms with Gasteiger partial charge >= 0.3 is 0 Å². The Morgan fingerprint density at radius 3 is 2.80 bits per heavy atom. The number of nitro groups is 1. The van der Waals surface area contributed by atoms with Crippen LogP contribution in [0.3, 0.4) is 0 Å². The molecule has 102 valence electrons. The van der Waals surface area contributed by atoms with Crippen LogP contribution in [0.2, 0.25) is 4.34 Å². The van der Waals surface area contributed by atoms with Crippen molar-refractivity contribution in [2.75, 3.05) is 5.32 Å². The van der Waals surface area contributed by atoms with Crippen molar-refractivity contribution in [3.63, 3.8) is 0 Å². The topological polar surface area (TPSA) is 79.0 Å². The van der Waals surface area contributed by atoms with Crippen molar-refractivity contribution in [3.05, 3.63) is 53.6 Å². The molecule has 0 atom stereocenters. The van der Waals surface area contributed by atoms with Crippen molar-refractivity contribution in [2.45, 2.75) is 6.54 Å². The molecular weight excluding hydrogens is 366 g/mol. The fourth-order valence-corrected chi connectivity index (χ4v) is 3.28. The first-order valence-electron chi connectivity index (χ1n) is 5.37. The van der Waals surface area contributed by atoms with Gasteiger partial charge < -0.3 is 5.32 Å². The van der Waals surface area contributed by atoms with Crippen molar-refractivity contribution in [3.8, 4) is 6.07 Å². The number of thiophene rings is 1. The molecule has 0 unspecified atom stereocenters. The molecule has 2 rings (SSSR count). The summed E-state index contributed by atoms with van der Waals surface area (Å²) < 4.78 is 1.48. The minimum Gasteiger partial charge on any atom is -0.379 e. The zero-order valence-corrected chi connectivity index (χ0v) is 13.1. The van der Waals surface area contributed by atoms with Gasteiger partial charge in [0.15, 0.2) is 0 Å². The van der Waals surface area contributed by atoms with Gasteiger partial charge in [0.05, 0.1) is 16.2 Å². The second kappa shape index (κ2) is 6.22. The van der Waals surface area contributed by atoms with Crippen molar-refractivity contribution >= 4 is 50.2 Å². The molecule has 2 aromatic rings. The molecule has 1 aromatic heterocycles. The van der Waals surface area contributed by atoms with E-state index in [1.165, 1.54) is 29.5 Å². The van der Waals surface area contributed by atoms with Crippen LogP contribution < -0.4 is 5.32 Å². The zero-order valence-electron chi connectivity index (χ0n) is 9.89. The van der Waals surface area contributed by atoms with Crippen LogP contribution in [0.25, 0.3) is 0 Å². The molecule has 0 fully saturated rings. The van der Waals surface area contributed by atoms with E-state index in [9.17, 15) is 10.1 Å². The molecule has 0 aliphatic carbocycles. The van der Waals surface area contributed by atoms with E-state index in [0.717, 1.165) is 9.35 Å². The lowest BCUT2D eigenvalue weighted by atomic mass is 10.1. The highest BCUT2D eigenvalue weighted by molar-refractivity contribution is 9.10. The van der Waals surface area contributed by atoms with Crippen LogP contribution in [0, 0.1) is 21.4 Å². The van der Waals surface area contributed by atoms with E-state index in [2.05, 4.69) is 21.2 Å². The fraction of sp³-hybridized carbons (Fsp3) is 0.0833. The van der Waals surface area contributed by atoms with Crippen LogP contribution in [-0.2, 0) is 6.54 Å². The Bertz CT molecular complexity index is 692. The highest BCUT2D eigenvalue weighted by atomic mass is 79.9. The lowest BCUT2D eigenvalue weighted by Gasteiger charge is -2.06. The molecule has 0 amide bonds. The average molecular weight is 373 g/mol. The summed E-state index contributed by atoms with van der Waals surface area (Å²) in [4.78, 5) is 11.1. The highest BCUT2D eigenvalue weighted by Gasteiger charge is 2.11. The van der Waals surface area contributed by atoms with Gasteiger partial charge in [-0.25, -0.2) is 0 Å². The van der Waals surface area contributed by atoms with E-state index in [-0.39, 0.29) is 11.3 Å². The van der Waals surface area contributed by atoms with E-state index in [0.29, 0.717) is 16.6 Å². The molecule has 0 spiro atoms. The van der Waals surface area contributed by atoms with Crippen molar-refractivity contribution in [2.24, 2.45) is 0 Å². The van der Waals surface area contributed by atoms with Crippen LogP contribution >= 0.6 is 38.9 Å². The van der Waals surface area contributed by atoms with E-state index >= 15 is 0 Å². The zero-order chi connectivity index (χ0) is 14.7. The Morgan fingerprint density at radius 2 is 2.25 bits per heavy atom. The summed E-state index contributed by atoms with van der Waals surface area (Å²) in [6.07, 6.45) is 0. The normalized spacial score (nSPS) is 10.1. The van der Waals surface area contributed by atoms with E-state index < -0.39 is 4.92 Å². The Kier molecular flexibility index (Phi) is 4.60. The third-order valence-electron chi connectivity index (χ3n) is 2.48. The van der Waals surface area contributed by atoms with Crippen molar-refractivity contribution in [1.29, 1.82) is 5.26 Å². The number of rotatable bonds is 4. The number of hydrogen-bond acceptors (Lipinski definition) is 5. The predicted molar refractivity (Wildman–Crippen MR) is 82.2 cm³/mol. The van der Waals surface area contributed by atoms with E-state index in [4.69, 9.17) is 16.9 Å². The molecule has 5 nitrogen and oxygen atoms in total. The molecule has 1 heterocycles. The number of halogens is 2. The van der Waals surface area contributed by atoms with Crippen LogP contribution in [-0.4, -0.2) is 4.92 Å². The van der Waals surface area contributed by atoms with Gasteiger partial charge in [-0.1, -0.05) is 11.6 Å². The predicted octanol–water partition coefficient (Wildman–Crippen LogP) is 4.56. The van der Waals surface area contributed by atoms with Crippen molar-refractivity contribution in [1.82, 2.24) is 0 Å². The summed E-state index contributed by atoms with van der Waals surface area (Å²) in [6.45, 7) is 0.489. The number of non-ortho nitro benzene ring substituents is 1. The number of benzene rings is 1. The molecular formula is C12H7BrClN3O2S. The van der Waals surface area contributed by atoms with Gasteiger partial charge in [-0.2, -0.15) is 5.26 Å². The van der Waals surface area contributed by atoms with Gasteiger partial charge in [0.1, 0.15) is 10.4 Å². The molecule has 0 saturated carbocycles. The molecule has 0 radical (unpaired) electrons. The summed E-state index contributed by atoms with van der Waals surface area (Å²) in [6, 6.07) is 7.97. The second-order valence-corrected chi connectivity index (χ2v) is 6.38. The van der Waals surface area contributed by atoms with Gasteiger partial charge in [0, 0.05) is 28.0 Å². The van der Waals surface area contributed by atoms with E-state index in [1.807, 2.05) is 12.1 Å². The van der Waals surface area contributed by atoms with Gasteiger partial charge in [-0.05, 0) is 28.1 Å². The summed E-state index contributed by atoms with van der Waals surface area (Å²) in [5.74, 6) is 0. The second-order valence-electron chi connectivity index (χ2n) is 3.79. The molecule has 1 aromatic carbocycles. The van der Waals surface area contributed by atoms with Gasteiger partial charge in [-0.3, -0.25) is 10.1 Å². The Hall–Kier alpha value is -1.62. The SMILES string of the molecule is N#Cc1cc([N+](=O)[O-])ccc1NCc1cc(Br)c(Cl)s1. The first-order valence-corrected chi connectivity index (χ1v) is 7.36. The smallest absolute Gasteiger partial charge is 0.270 e. The minimum atomic E-state index is -0.527. The maximum absolute atomic E-state index is 10.7. The van der Waals surface area contributed by atoms with Gasteiger partial charge in [-0.15, -0.1) is 11.3 Å². The van der Waals surface area contributed by atoms with Gasteiger partial charge in [0.25, 0.3) is 5.69 Å². The van der Waals surface area contributed by atoms with E-state index in [1.54, 1.807) is 0 Å². The number of hydrogen-bond donors (Lipinski definition) is 1. The number of nitriles is 1. The standard InChI is InChI=1S/C12H7BrClN3O2S/c13-10-4-9(20-12(10)14)6-16-11-2-1-8(17(18)19)3-7(11)5-15/h1-4,16H,6H2. The minimum absolute atomic E-state index is 0.103. The molecule has 0 aliphatic rings. The molecule has 0 bridgehead atoms. The summed E-state index contributed by atoms with van der Waals surface area (Å²) >= 11 is 10.7. The number of nitrogens with zero attached hydrogens (tertiary/aromatic N) is 2. The molecule has 20 heavy (non-hydrogen) atoms. The van der Waals surface area contributed by atoms with Crippen LogP contribution in [0.5, 0.6) is 0 Å². The molecule has 8 heteroatoms. The largest absolute Gasteiger partial charge is 0.379 e. The maximum atomic E-state index is 10.7. The first-order chi connectivity index (χ1) is 9.51. The lowest BCUT2D eigenvalue weighted by molar-refractivity contribution is -0.384. The Labute approximate surface area is 132 Å². The summed E-state index contributed by atoms with van der Waals surface area (Å²) in [5.41, 5.74) is 0.689. The Morgan fingerprint density at radius 1 is 1.50 bits per heavy atom. The van der Waals surface area contributed by atoms with Crippen LogP contribution in [0.1, 0.15) is 10.4 Å². The monoisotopic (exact) mass is 371 g/mol. The summed E-state index contributed by atoms with van der Waals surface area (Å²) in [5, 5.41) is 22.8. The van der Waals surface area contributed by atoms with Crippen LogP contribution in [0.4, 0.5) is 11.4 Å². The molecule has 1 N–H and O–H groups in total. The first kappa shape index (κ1) is 14.8. The van der Waals surface area contributed by atoms with Crippen LogP contribution in [0.15, 0.2) is 28.7 Å². The number of nitrogens with one attached hydrogen (secondary N) is 1. The Balaban J connectivity index is 2.17. The summed E-state index contributed by atoms with van der Waals surface area (Å²) in [7, 11) is 0.